The standard InChI is InChI=1S/C9H19O3P/c1-3-4-7-11-8(2)9(12-13)5-6-10/h6,8-9H,3-5,7,13H2,1-2H3/t8-,9-/m1/s1. The number of ether oxygens (including phenoxy) is 1. The smallest absolute Gasteiger partial charge is 0.122 e. The summed E-state index contributed by atoms with van der Waals surface area (Å²) >= 11 is 0. The van der Waals surface area contributed by atoms with E-state index in [2.05, 4.69) is 16.4 Å². The molecule has 4 heteroatoms. The van der Waals surface area contributed by atoms with Gasteiger partial charge >= 0.3 is 0 Å². The third-order valence-corrected chi connectivity index (χ3v) is 2.26. The first-order chi connectivity index (χ1) is 6.26. The summed E-state index contributed by atoms with van der Waals surface area (Å²) in [6, 6.07) is 0. The topological polar surface area (TPSA) is 35.5 Å². The quantitative estimate of drug-likeness (QED) is 0.346. The molecule has 0 amide bonds. The van der Waals surface area contributed by atoms with Gasteiger partial charge in [-0.1, -0.05) is 13.3 Å². The van der Waals surface area contributed by atoms with Crippen molar-refractivity contribution in [3.63, 3.8) is 0 Å². The zero-order valence-corrected chi connectivity index (χ0v) is 9.52. The van der Waals surface area contributed by atoms with E-state index in [1.165, 1.54) is 0 Å². The lowest BCUT2D eigenvalue weighted by atomic mass is 10.2. The molecule has 0 N–H and O–H groups in total. The zero-order valence-electron chi connectivity index (χ0n) is 8.36. The largest absolute Gasteiger partial charge is 0.376 e. The second kappa shape index (κ2) is 8.61. The van der Waals surface area contributed by atoms with E-state index in [4.69, 9.17) is 9.26 Å². The average molecular weight is 206 g/mol. The number of rotatable bonds is 8. The van der Waals surface area contributed by atoms with Crippen LogP contribution in [-0.4, -0.2) is 25.1 Å². The predicted octanol–water partition coefficient (Wildman–Crippen LogP) is 1.96. The van der Waals surface area contributed by atoms with Crippen molar-refractivity contribution in [1.29, 1.82) is 0 Å². The average Bonchev–Trinajstić information content (AvgIpc) is 2.14. The van der Waals surface area contributed by atoms with Crippen molar-refractivity contribution in [2.75, 3.05) is 6.61 Å². The van der Waals surface area contributed by atoms with Crippen LogP contribution in [0.2, 0.25) is 0 Å². The van der Waals surface area contributed by atoms with Gasteiger partial charge in [0.1, 0.15) is 6.29 Å². The molecule has 0 aromatic rings. The van der Waals surface area contributed by atoms with Crippen molar-refractivity contribution in [2.45, 2.75) is 45.3 Å². The number of carbonyl (C=O) groups is 1. The van der Waals surface area contributed by atoms with E-state index in [9.17, 15) is 4.79 Å². The van der Waals surface area contributed by atoms with Crippen LogP contribution < -0.4 is 0 Å². The molecular formula is C9H19O3P. The maximum absolute atomic E-state index is 10.3. The van der Waals surface area contributed by atoms with Gasteiger partial charge < -0.3 is 14.1 Å². The van der Waals surface area contributed by atoms with Crippen LogP contribution in [0.1, 0.15) is 33.1 Å². The second-order valence-corrected chi connectivity index (χ2v) is 3.28. The molecule has 0 rings (SSSR count). The van der Waals surface area contributed by atoms with Gasteiger partial charge in [0, 0.05) is 22.5 Å². The molecular weight excluding hydrogens is 187 g/mol. The molecule has 0 spiro atoms. The second-order valence-electron chi connectivity index (χ2n) is 3.01. The van der Waals surface area contributed by atoms with Crippen molar-refractivity contribution in [3.8, 4) is 0 Å². The molecule has 0 bridgehead atoms. The molecule has 3 atom stereocenters. The van der Waals surface area contributed by atoms with Crippen molar-refractivity contribution < 1.29 is 14.1 Å². The highest BCUT2D eigenvalue weighted by Gasteiger charge is 2.16. The van der Waals surface area contributed by atoms with E-state index < -0.39 is 0 Å². The van der Waals surface area contributed by atoms with Crippen molar-refractivity contribution in [3.05, 3.63) is 0 Å². The summed E-state index contributed by atoms with van der Waals surface area (Å²) in [5, 5.41) is 0. The molecule has 0 heterocycles. The van der Waals surface area contributed by atoms with E-state index in [-0.39, 0.29) is 12.2 Å². The highest BCUT2D eigenvalue weighted by molar-refractivity contribution is 7.09. The fraction of sp³-hybridized carbons (Fsp3) is 0.889. The summed E-state index contributed by atoms with van der Waals surface area (Å²) in [5.74, 6) is 0. The third-order valence-electron chi connectivity index (χ3n) is 1.91. The highest BCUT2D eigenvalue weighted by atomic mass is 31.0. The molecule has 0 aliphatic carbocycles. The monoisotopic (exact) mass is 206 g/mol. The lowest BCUT2D eigenvalue weighted by Gasteiger charge is -2.20. The van der Waals surface area contributed by atoms with Crippen LogP contribution in [0.15, 0.2) is 0 Å². The van der Waals surface area contributed by atoms with E-state index in [0.29, 0.717) is 6.42 Å². The number of hydrogen-bond donors (Lipinski definition) is 0. The molecule has 13 heavy (non-hydrogen) atoms. The summed E-state index contributed by atoms with van der Waals surface area (Å²) in [5.41, 5.74) is 0. The maximum atomic E-state index is 10.3. The SMILES string of the molecule is CCCCO[C@H](C)[C@@H](CC=O)OP. The minimum atomic E-state index is -0.139. The van der Waals surface area contributed by atoms with Crippen LogP contribution in [0, 0.1) is 0 Å². The molecule has 0 aromatic heterocycles. The molecule has 0 saturated heterocycles. The summed E-state index contributed by atoms with van der Waals surface area (Å²) in [6.45, 7) is 4.78. The number of aldehydes is 1. The Kier molecular flexibility index (Phi) is 8.62. The van der Waals surface area contributed by atoms with Gasteiger partial charge in [-0.2, -0.15) is 0 Å². The lowest BCUT2D eigenvalue weighted by molar-refractivity contribution is -0.111. The first-order valence-electron chi connectivity index (χ1n) is 4.67. The summed E-state index contributed by atoms with van der Waals surface area (Å²) in [7, 11) is 2.18. The van der Waals surface area contributed by atoms with Gasteiger partial charge in [-0.25, -0.2) is 0 Å². The van der Waals surface area contributed by atoms with Gasteiger partial charge in [-0.05, 0) is 13.3 Å². The zero-order chi connectivity index (χ0) is 10.1. The van der Waals surface area contributed by atoms with Gasteiger partial charge in [-0.15, -0.1) is 0 Å². The van der Waals surface area contributed by atoms with Crippen LogP contribution >= 0.6 is 9.47 Å². The maximum Gasteiger partial charge on any atom is 0.122 e. The fourth-order valence-corrected chi connectivity index (χ4v) is 1.31. The van der Waals surface area contributed by atoms with Crippen LogP contribution in [-0.2, 0) is 14.1 Å². The summed E-state index contributed by atoms with van der Waals surface area (Å²) < 4.78 is 10.5. The Morgan fingerprint density at radius 2 is 2.23 bits per heavy atom. The van der Waals surface area contributed by atoms with E-state index >= 15 is 0 Å². The van der Waals surface area contributed by atoms with E-state index in [1.807, 2.05) is 6.92 Å². The van der Waals surface area contributed by atoms with Crippen molar-refractivity contribution >= 4 is 15.8 Å². The lowest BCUT2D eigenvalue weighted by Crippen LogP contribution is -2.27. The molecule has 0 saturated carbocycles. The Balaban J connectivity index is 3.63. The van der Waals surface area contributed by atoms with E-state index in [0.717, 1.165) is 25.7 Å². The highest BCUT2D eigenvalue weighted by Crippen LogP contribution is 2.10. The third kappa shape index (κ3) is 6.14. The van der Waals surface area contributed by atoms with Crippen LogP contribution in [0.25, 0.3) is 0 Å². The molecule has 3 nitrogen and oxygen atoms in total. The number of carbonyl (C=O) groups excluding carboxylic acids is 1. The first kappa shape index (κ1) is 13.0. The summed E-state index contributed by atoms with van der Waals surface area (Å²) in [6.07, 6.45) is 3.25. The minimum absolute atomic E-state index is 0.0192. The Morgan fingerprint density at radius 1 is 1.54 bits per heavy atom. The predicted molar refractivity (Wildman–Crippen MR) is 55.6 cm³/mol. The molecule has 0 radical (unpaired) electrons. The Morgan fingerprint density at radius 3 is 2.69 bits per heavy atom. The van der Waals surface area contributed by atoms with E-state index in [1.54, 1.807) is 0 Å². The van der Waals surface area contributed by atoms with Crippen LogP contribution in [0.4, 0.5) is 0 Å². The van der Waals surface area contributed by atoms with Crippen molar-refractivity contribution in [2.24, 2.45) is 0 Å². The molecule has 0 aliphatic heterocycles. The Labute approximate surface area is 82.5 Å². The molecule has 0 aromatic carbocycles. The van der Waals surface area contributed by atoms with Gasteiger partial charge in [0.05, 0.1) is 12.2 Å². The van der Waals surface area contributed by atoms with Crippen LogP contribution in [0.3, 0.4) is 0 Å². The van der Waals surface area contributed by atoms with Gasteiger partial charge in [0.25, 0.3) is 0 Å². The minimum Gasteiger partial charge on any atom is -0.376 e. The normalized spacial score (nSPS) is 15.3. The fourth-order valence-electron chi connectivity index (χ4n) is 0.974. The number of hydrogen-bond acceptors (Lipinski definition) is 3. The molecule has 0 aliphatic rings. The van der Waals surface area contributed by atoms with Gasteiger partial charge in [-0.3, -0.25) is 0 Å². The molecule has 1 unspecified atom stereocenters. The van der Waals surface area contributed by atoms with Crippen LogP contribution in [0.5, 0.6) is 0 Å². The number of unbranched alkanes of at least 4 members (excludes halogenated alkanes) is 1. The van der Waals surface area contributed by atoms with Gasteiger partial charge in [0.15, 0.2) is 0 Å². The summed E-state index contributed by atoms with van der Waals surface area (Å²) in [4.78, 5) is 10.3. The van der Waals surface area contributed by atoms with Crippen molar-refractivity contribution in [1.82, 2.24) is 0 Å². The molecule has 0 fully saturated rings. The first-order valence-corrected chi connectivity index (χ1v) is 5.14. The Hall–Kier alpha value is 0.0200. The van der Waals surface area contributed by atoms with Gasteiger partial charge in [0.2, 0.25) is 0 Å². The Bertz CT molecular complexity index is 130. The molecule has 78 valence electrons.